The molecule has 0 unspecified atom stereocenters. The van der Waals surface area contributed by atoms with Crippen LogP contribution in [0.1, 0.15) is 22.5 Å². The number of hydrogen-bond acceptors (Lipinski definition) is 6. The van der Waals surface area contributed by atoms with Crippen LogP contribution in [-0.2, 0) is 0 Å². The van der Waals surface area contributed by atoms with Crippen molar-refractivity contribution >= 4 is 30.3 Å². The van der Waals surface area contributed by atoms with Crippen LogP contribution in [0.4, 0.5) is 0 Å². The molecule has 0 fully saturated rings. The first-order chi connectivity index (χ1) is 16.1. The van der Waals surface area contributed by atoms with Crippen LogP contribution in [0.5, 0.6) is 17.5 Å². The molecule has 170 valence electrons. The highest BCUT2D eigenvalue weighted by Crippen LogP contribution is 2.18. The Morgan fingerprint density at radius 1 is 0.818 bits per heavy atom. The van der Waals surface area contributed by atoms with Crippen LogP contribution in [0.15, 0.2) is 59.6 Å². The molecule has 2 aromatic carbocycles. The van der Waals surface area contributed by atoms with Gasteiger partial charge in [0.15, 0.2) is 5.96 Å². The van der Waals surface area contributed by atoms with Gasteiger partial charge in [-0.2, -0.15) is 9.97 Å². The molecule has 0 atom stereocenters. The number of hydrogen-bond donors (Lipinski definition) is 2. The smallest absolute Gasteiger partial charge is 0.317 e. The predicted octanol–water partition coefficient (Wildman–Crippen LogP) is 3.49. The van der Waals surface area contributed by atoms with E-state index in [0.717, 1.165) is 22.6 Å². The molecule has 3 aromatic rings. The van der Waals surface area contributed by atoms with Crippen LogP contribution in [0.25, 0.3) is 24.3 Å². The van der Waals surface area contributed by atoms with E-state index in [2.05, 4.69) is 15.0 Å². The van der Waals surface area contributed by atoms with Gasteiger partial charge in [0.1, 0.15) is 18.1 Å². The molecule has 4 N–H and O–H groups in total. The van der Waals surface area contributed by atoms with Gasteiger partial charge in [-0.15, -0.1) is 0 Å². The van der Waals surface area contributed by atoms with Crippen LogP contribution < -0.4 is 25.7 Å². The van der Waals surface area contributed by atoms with E-state index in [1.165, 1.54) is 0 Å². The molecule has 0 bridgehead atoms. The summed E-state index contributed by atoms with van der Waals surface area (Å²) < 4.78 is 16.2. The van der Waals surface area contributed by atoms with Gasteiger partial charge in [-0.05, 0) is 53.6 Å². The molecule has 8 heteroatoms. The lowest BCUT2D eigenvalue weighted by Gasteiger charge is -2.06. The third-order valence-corrected chi connectivity index (χ3v) is 4.44. The Kier molecular flexibility index (Phi) is 8.41. The number of ether oxygens (including phenoxy) is 3. The molecule has 0 amide bonds. The molecule has 0 saturated heterocycles. The maximum Gasteiger partial charge on any atom is 0.317 e. The second-order valence-electron chi connectivity index (χ2n) is 6.88. The van der Waals surface area contributed by atoms with Crippen molar-refractivity contribution in [3.05, 3.63) is 77.1 Å². The Morgan fingerprint density at radius 2 is 1.36 bits per heavy atom. The number of rotatable bonds is 10. The van der Waals surface area contributed by atoms with E-state index < -0.39 is 0 Å². The van der Waals surface area contributed by atoms with E-state index in [0.29, 0.717) is 17.9 Å². The van der Waals surface area contributed by atoms with Crippen molar-refractivity contribution in [2.45, 2.75) is 0 Å². The van der Waals surface area contributed by atoms with Crippen LogP contribution in [0.3, 0.4) is 0 Å². The maximum atomic E-state index is 5.67. The topological polar surface area (TPSA) is 118 Å². The van der Waals surface area contributed by atoms with E-state index in [1.54, 1.807) is 14.2 Å². The third-order valence-electron chi connectivity index (χ3n) is 4.44. The summed E-state index contributed by atoms with van der Waals surface area (Å²) in [7, 11) is 3.28. The van der Waals surface area contributed by atoms with Crippen molar-refractivity contribution in [2.75, 3.05) is 27.4 Å². The molecule has 0 spiro atoms. The minimum Gasteiger partial charge on any atom is -0.497 e. The van der Waals surface area contributed by atoms with Crippen molar-refractivity contribution < 1.29 is 14.2 Å². The van der Waals surface area contributed by atoms with Gasteiger partial charge in [-0.25, -0.2) is 0 Å². The van der Waals surface area contributed by atoms with E-state index >= 15 is 0 Å². The van der Waals surface area contributed by atoms with Gasteiger partial charge in [-0.3, -0.25) is 4.99 Å². The molecule has 3 rings (SSSR count). The number of aromatic nitrogens is 2. The highest BCUT2D eigenvalue weighted by Gasteiger charge is 2.04. The van der Waals surface area contributed by atoms with Crippen molar-refractivity contribution in [1.82, 2.24) is 9.97 Å². The summed E-state index contributed by atoms with van der Waals surface area (Å²) in [6, 6.07) is 17.6. The summed E-state index contributed by atoms with van der Waals surface area (Å²) in [4.78, 5) is 12.9. The Balaban J connectivity index is 1.85. The number of nitrogens with zero attached hydrogens (tertiary/aromatic N) is 3. The fourth-order valence-corrected chi connectivity index (χ4v) is 2.86. The number of aliphatic imine (C=N–C) groups is 1. The van der Waals surface area contributed by atoms with E-state index in [4.69, 9.17) is 25.7 Å². The van der Waals surface area contributed by atoms with Gasteiger partial charge in [0.2, 0.25) is 0 Å². The molecular weight excluding hydrogens is 418 g/mol. The molecule has 33 heavy (non-hydrogen) atoms. The maximum absolute atomic E-state index is 5.67. The second kappa shape index (κ2) is 11.9. The molecule has 0 radical (unpaired) electrons. The van der Waals surface area contributed by atoms with Crippen molar-refractivity contribution in [3.8, 4) is 17.5 Å². The predicted molar refractivity (Wildman–Crippen MR) is 132 cm³/mol. The van der Waals surface area contributed by atoms with Gasteiger partial charge < -0.3 is 25.7 Å². The second-order valence-corrected chi connectivity index (χ2v) is 6.88. The highest BCUT2D eigenvalue weighted by atomic mass is 16.5. The first-order valence-corrected chi connectivity index (χ1v) is 10.3. The number of guanidine groups is 1. The monoisotopic (exact) mass is 445 g/mol. The van der Waals surface area contributed by atoms with Crippen LogP contribution >= 0.6 is 0 Å². The normalized spacial score (nSPS) is 11.0. The fourth-order valence-electron chi connectivity index (χ4n) is 2.86. The van der Waals surface area contributed by atoms with Gasteiger partial charge in [-0.1, -0.05) is 36.4 Å². The summed E-state index contributed by atoms with van der Waals surface area (Å²) in [6.45, 7) is 0.560. The van der Waals surface area contributed by atoms with Crippen LogP contribution in [0.2, 0.25) is 0 Å². The van der Waals surface area contributed by atoms with Gasteiger partial charge >= 0.3 is 6.01 Å². The summed E-state index contributed by atoms with van der Waals surface area (Å²) >= 11 is 0. The van der Waals surface area contributed by atoms with Crippen LogP contribution in [-0.4, -0.2) is 43.3 Å². The molecule has 8 nitrogen and oxygen atoms in total. The first-order valence-electron chi connectivity index (χ1n) is 10.3. The molecule has 0 aliphatic rings. The number of methoxy groups -OCH3 is 2. The fraction of sp³-hybridized carbons (Fsp3) is 0.160. The average molecular weight is 446 g/mol. The number of benzene rings is 2. The van der Waals surface area contributed by atoms with Crippen molar-refractivity contribution in [2.24, 2.45) is 16.5 Å². The molecular formula is C25H27N5O3. The minimum absolute atomic E-state index is 0.0106. The van der Waals surface area contributed by atoms with Gasteiger partial charge in [0.25, 0.3) is 0 Å². The summed E-state index contributed by atoms with van der Waals surface area (Å²) in [5.74, 6) is 1.58. The van der Waals surface area contributed by atoms with Gasteiger partial charge in [0, 0.05) is 0 Å². The Bertz CT molecular complexity index is 1080. The molecule has 0 aliphatic carbocycles. The largest absolute Gasteiger partial charge is 0.497 e. The van der Waals surface area contributed by atoms with E-state index in [9.17, 15) is 0 Å². The summed E-state index contributed by atoms with van der Waals surface area (Å²) in [6.07, 6.45) is 7.68. The Hall–Kier alpha value is -4.33. The summed E-state index contributed by atoms with van der Waals surface area (Å²) in [5, 5.41) is 0. The van der Waals surface area contributed by atoms with E-state index in [1.807, 2.05) is 78.9 Å². The molecule has 1 heterocycles. The Labute approximate surface area is 193 Å². The molecule has 0 aliphatic heterocycles. The van der Waals surface area contributed by atoms with Crippen LogP contribution in [0, 0.1) is 0 Å². The zero-order valence-electron chi connectivity index (χ0n) is 18.6. The third kappa shape index (κ3) is 7.70. The Morgan fingerprint density at radius 3 is 1.85 bits per heavy atom. The quantitative estimate of drug-likeness (QED) is 0.279. The lowest BCUT2D eigenvalue weighted by molar-refractivity contribution is 0.302. The first kappa shape index (κ1) is 23.3. The molecule has 0 saturated carbocycles. The lowest BCUT2D eigenvalue weighted by atomic mass is 10.1. The van der Waals surface area contributed by atoms with Crippen molar-refractivity contribution in [3.63, 3.8) is 0 Å². The highest BCUT2D eigenvalue weighted by molar-refractivity contribution is 5.75. The minimum atomic E-state index is 0.0106. The zero-order chi connectivity index (χ0) is 23.5. The van der Waals surface area contributed by atoms with Gasteiger partial charge in [0.05, 0.1) is 32.2 Å². The standard InChI is InChI=1S/C25H27N5O3/c1-31-22-7-3-5-18(15-22)9-11-20-17-21(12-10-19-6-4-8-23(16-19)32-2)30-25(29-20)33-14-13-28-24(26)27/h3-12,15-17H,13-14H2,1-2H3,(H4,26,27,28). The van der Waals surface area contributed by atoms with Crippen molar-refractivity contribution in [1.29, 1.82) is 0 Å². The average Bonchev–Trinajstić information content (AvgIpc) is 2.84. The lowest BCUT2D eigenvalue weighted by Crippen LogP contribution is -2.23. The SMILES string of the molecule is COc1cccc(C=Cc2cc(C=Cc3cccc(OC)c3)nc(OCCN=C(N)N)n2)c1. The number of nitrogens with two attached hydrogens (primary N) is 2. The molecule has 1 aromatic heterocycles. The van der Waals surface area contributed by atoms with E-state index in [-0.39, 0.29) is 18.6 Å². The summed E-state index contributed by atoms with van der Waals surface area (Å²) in [5.41, 5.74) is 14.1. The zero-order valence-corrected chi connectivity index (χ0v) is 18.6.